The highest BCUT2D eigenvalue weighted by Crippen LogP contribution is 2.48. The van der Waals surface area contributed by atoms with Crippen molar-refractivity contribution in [1.82, 2.24) is 25.0 Å². The molecule has 0 spiro atoms. The molecule has 0 unspecified atom stereocenters. The fourth-order valence-electron chi connectivity index (χ4n) is 5.65. The quantitative estimate of drug-likeness (QED) is 0.709. The molecule has 4 atom stereocenters. The highest BCUT2D eigenvalue weighted by molar-refractivity contribution is 6.04. The Bertz CT molecular complexity index is 1060. The van der Waals surface area contributed by atoms with E-state index in [9.17, 15) is 14.4 Å². The van der Waals surface area contributed by atoms with Crippen LogP contribution in [0.4, 0.5) is 0 Å². The van der Waals surface area contributed by atoms with Gasteiger partial charge in [-0.2, -0.15) is 5.10 Å². The molecule has 2 aliphatic carbocycles. The Morgan fingerprint density at radius 2 is 2.00 bits per heavy atom. The summed E-state index contributed by atoms with van der Waals surface area (Å²) in [5.41, 5.74) is 6.16. The summed E-state index contributed by atoms with van der Waals surface area (Å²) < 4.78 is 1.47. The molecular formula is C23H30N6O3. The molecule has 1 saturated heterocycles. The van der Waals surface area contributed by atoms with E-state index in [2.05, 4.69) is 22.3 Å². The highest BCUT2D eigenvalue weighted by Gasteiger charge is 2.56. The van der Waals surface area contributed by atoms with Gasteiger partial charge in [-0.3, -0.25) is 24.0 Å². The molecular weight excluding hydrogens is 408 g/mol. The van der Waals surface area contributed by atoms with E-state index in [0.29, 0.717) is 29.2 Å². The zero-order chi connectivity index (χ0) is 22.4. The molecule has 9 heteroatoms. The van der Waals surface area contributed by atoms with Gasteiger partial charge in [0.25, 0.3) is 5.91 Å². The van der Waals surface area contributed by atoms with Crippen molar-refractivity contribution in [2.45, 2.75) is 76.5 Å². The average molecular weight is 439 g/mol. The van der Waals surface area contributed by atoms with E-state index in [0.717, 1.165) is 19.3 Å². The fourth-order valence-corrected chi connectivity index (χ4v) is 5.65. The zero-order valence-corrected chi connectivity index (χ0v) is 18.4. The van der Waals surface area contributed by atoms with Crippen molar-refractivity contribution < 1.29 is 14.4 Å². The number of nitrogens with one attached hydrogen (secondary N) is 1. The Morgan fingerprint density at radius 3 is 2.75 bits per heavy atom. The lowest BCUT2D eigenvalue weighted by Crippen LogP contribution is -2.52. The number of piperidine rings is 1. The number of primary amides is 1. The lowest BCUT2D eigenvalue weighted by atomic mass is 9.84. The van der Waals surface area contributed by atoms with Crippen LogP contribution in [0.25, 0.3) is 10.9 Å². The first-order valence-corrected chi connectivity index (χ1v) is 11.7. The van der Waals surface area contributed by atoms with Crippen LogP contribution < -0.4 is 11.1 Å². The van der Waals surface area contributed by atoms with Crippen molar-refractivity contribution in [2.24, 2.45) is 17.6 Å². The highest BCUT2D eigenvalue weighted by atomic mass is 16.2. The van der Waals surface area contributed by atoms with Gasteiger partial charge in [0.2, 0.25) is 11.8 Å². The van der Waals surface area contributed by atoms with Crippen molar-refractivity contribution in [3.8, 4) is 0 Å². The van der Waals surface area contributed by atoms with Gasteiger partial charge in [0, 0.05) is 23.7 Å². The molecule has 2 aromatic heterocycles. The summed E-state index contributed by atoms with van der Waals surface area (Å²) in [6.45, 7) is 2.03. The van der Waals surface area contributed by atoms with Crippen LogP contribution in [0, 0.1) is 11.8 Å². The smallest absolute Gasteiger partial charge is 0.269 e. The minimum atomic E-state index is -0.648. The number of aromatic nitrogens is 3. The summed E-state index contributed by atoms with van der Waals surface area (Å²) in [6.07, 6.45) is 10.8. The first-order valence-electron chi connectivity index (χ1n) is 11.7. The molecule has 0 radical (unpaired) electrons. The van der Waals surface area contributed by atoms with Crippen molar-refractivity contribution in [2.75, 3.05) is 0 Å². The predicted molar refractivity (Wildman–Crippen MR) is 117 cm³/mol. The van der Waals surface area contributed by atoms with Crippen LogP contribution in [-0.2, 0) is 16.1 Å². The second-order valence-electron chi connectivity index (χ2n) is 9.57. The van der Waals surface area contributed by atoms with Gasteiger partial charge < -0.3 is 16.0 Å². The maximum Gasteiger partial charge on any atom is 0.269 e. The topological polar surface area (TPSA) is 123 Å². The average Bonchev–Trinajstić information content (AvgIpc) is 3.29. The van der Waals surface area contributed by atoms with E-state index in [1.54, 1.807) is 23.4 Å². The van der Waals surface area contributed by atoms with Crippen LogP contribution in [0.1, 0.15) is 62.4 Å². The Balaban J connectivity index is 1.31. The van der Waals surface area contributed by atoms with Crippen molar-refractivity contribution in [3.63, 3.8) is 0 Å². The number of fused-ring (bicyclic) bond motifs is 2. The molecule has 0 aromatic carbocycles. The van der Waals surface area contributed by atoms with Crippen LogP contribution in [0.5, 0.6) is 0 Å². The second-order valence-corrected chi connectivity index (χ2v) is 9.57. The Kier molecular flexibility index (Phi) is 5.35. The lowest BCUT2D eigenvalue weighted by molar-refractivity contribution is -0.140. The van der Waals surface area contributed by atoms with Gasteiger partial charge in [0.05, 0.1) is 11.7 Å². The molecule has 9 nitrogen and oxygen atoms in total. The van der Waals surface area contributed by atoms with Gasteiger partial charge in [-0.15, -0.1) is 0 Å². The third kappa shape index (κ3) is 3.73. The summed E-state index contributed by atoms with van der Waals surface area (Å²) in [4.78, 5) is 44.1. The number of hydrogen-bond acceptors (Lipinski definition) is 5. The van der Waals surface area contributed by atoms with E-state index < -0.39 is 11.9 Å². The molecule has 170 valence electrons. The van der Waals surface area contributed by atoms with E-state index in [-0.39, 0.29) is 36.1 Å². The number of rotatable bonds is 6. The molecule has 3 fully saturated rings. The van der Waals surface area contributed by atoms with Gasteiger partial charge in [-0.25, -0.2) is 0 Å². The molecule has 2 saturated carbocycles. The number of likely N-dealkylation sites (tertiary alicyclic amines) is 1. The largest absolute Gasteiger partial charge is 0.364 e. The van der Waals surface area contributed by atoms with Gasteiger partial charge in [0.1, 0.15) is 12.6 Å². The lowest BCUT2D eigenvalue weighted by Gasteiger charge is -2.32. The van der Waals surface area contributed by atoms with Gasteiger partial charge in [0.15, 0.2) is 5.69 Å². The van der Waals surface area contributed by atoms with Gasteiger partial charge in [-0.1, -0.05) is 19.3 Å². The second kappa shape index (κ2) is 8.18. The number of hydrogen-bond donors (Lipinski definition) is 2. The number of nitrogens with zero attached hydrogens (tertiary/aromatic N) is 4. The summed E-state index contributed by atoms with van der Waals surface area (Å²) in [6, 6.07) is 1.47. The Morgan fingerprint density at radius 1 is 1.22 bits per heavy atom. The molecule has 3 aliphatic rings. The summed E-state index contributed by atoms with van der Waals surface area (Å²) in [5, 5.41) is 8.05. The van der Waals surface area contributed by atoms with Crippen molar-refractivity contribution in [3.05, 3.63) is 24.2 Å². The molecule has 32 heavy (non-hydrogen) atoms. The summed E-state index contributed by atoms with van der Waals surface area (Å²) >= 11 is 0. The van der Waals surface area contributed by atoms with Gasteiger partial charge in [-0.05, 0) is 50.5 Å². The standard InChI is InChI=1S/C23H30N6O3/c1-13(14-5-3-2-4-6-14)26-23(32)18-10-15-9-17(15)29(18)20(30)12-28-19-11-25-8-7-16(19)21(27-28)22(24)31/h7-8,11,13-15,17-18H,2-6,9-10,12H2,1H3,(H2,24,31)(H,26,32)/t13-,15-,17-,18+/m1/s1. The number of amides is 3. The minimum Gasteiger partial charge on any atom is -0.364 e. The zero-order valence-electron chi connectivity index (χ0n) is 18.4. The van der Waals surface area contributed by atoms with Crippen LogP contribution in [-0.4, -0.2) is 55.5 Å². The first-order chi connectivity index (χ1) is 15.4. The fraction of sp³-hybridized carbons (Fsp3) is 0.609. The van der Waals surface area contributed by atoms with Crippen LogP contribution in [0.3, 0.4) is 0 Å². The Hall–Kier alpha value is -2.97. The molecule has 1 aliphatic heterocycles. The summed E-state index contributed by atoms with van der Waals surface area (Å²) in [5.74, 6) is 0.0582. The third-order valence-electron chi connectivity index (χ3n) is 7.49. The molecule has 3 amide bonds. The SMILES string of the molecule is C[C@@H](NC(=O)[C@@H]1C[C@H]2C[C@H]2N1C(=O)Cn1nc(C(N)=O)c2ccncc21)C1CCCCC1. The van der Waals surface area contributed by atoms with E-state index in [4.69, 9.17) is 5.73 Å². The predicted octanol–water partition coefficient (Wildman–Crippen LogP) is 1.60. The molecule has 5 rings (SSSR count). The first kappa shape index (κ1) is 20.9. The number of carbonyl (C=O) groups is 3. The van der Waals surface area contributed by atoms with Crippen LogP contribution >= 0.6 is 0 Å². The Labute approximate surface area is 186 Å². The van der Waals surface area contributed by atoms with Crippen molar-refractivity contribution in [1.29, 1.82) is 0 Å². The maximum absolute atomic E-state index is 13.3. The van der Waals surface area contributed by atoms with E-state index in [1.165, 1.54) is 23.9 Å². The molecule has 2 aromatic rings. The molecule has 3 N–H and O–H groups in total. The van der Waals surface area contributed by atoms with Crippen LogP contribution in [0.2, 0.25) is 0 Å². The van der Waals surface area contributed by atoms with E-state index >= 15 is 0 Å². The number of nitrogens with two attached hydrogens (primary N) is 1. The van der Waals surface area contributed by atoms with Crippen molar-refractivity contribution >= 4 is 28.6 Å². The summed E-state index contributed by atoms with van der Waals surface area (Å²) in [7, 11) is 0. The molecule has 3 heterocycles. The monoisotopic (exact) mass is 438 g/mol. The number of carbonyl (C=O) groups excluding carboxylic acids is 3. The normalized spacial score (nSPS) is 26.0. The minimum absolute atomic E-state index is 0.0477. The maximum atomic E-state index is 13.3. The number of pyridine rings is 1. The van der Waals surface area contributed by atoms with Gasteiger partial charge >= 0.3 is 0 Å². The van der Waals surface area contributed by atoms with Crippen LogP contribution in [0.15, 0.2) is 18.5 Å². The molecule has 0 bridgehead atoms. The third-order valence-corrected chi connectivity index (χ3v) is 7.49. The van der Waals surface area contributed by atoms with E-state index in [1.807, 2.05) is 0 Å².